The SMILES string of the molecule is CC[C@H](Oc1ccc(F)cc1)C(=O)Nc1ccccc1C(=O)NC(C)(C)C. The molecule has 0 aliphatic heterocycles. The summed E-state index contributed by atoms with van der Waals surface area (Å²) < 4.78 is 18.7. The zero-order valence-corrected chi connectivity index (χ0v) is 16.0. The zero-order chi connectivity index (χ0) is 20.0. The average molecular weight is 372 g/mol. The number of amides is 2. The van der Waals surface area contributed by atoms with Crippen molar-refractivity contribution in [2.75, 3.05) is 5.32 Å². The highest BCUT2D eigenvalue weighted by Crippen LogP contribution is 2.19. The van der Waals surface area contributed by atoms with Crippen molar-refractivity contribution in [2.45, 2.75) is 45.8 Å². The Morgan fingerprint density at radius 2 is 1.70 bits per heavy atom. The Bertz CT molecular complexity index is 798. The highest BCUT2D eigenvalue weighted by Gasteiger charge is 2.22. The molecule has 5 nitrogen and oxygen atoms in total. The summed E-state index contributed by atoms with van der Waals surface area (Å²) in [6.07, 6.45) is -0.353. The van der Waals surface area contributed by atoms with Crippen molar-refractivity contribution in [3.05, 3.63) is 59.9 Å². The smallest absolute Gasteiger partial charge is 0.265 e. The molecule has 2 aromatic carbocycles. The average Bonchev–Trinajstić information content (AvgIpc) is 2.60. The van der Waals surface area contributed by atoms with Crippen LogP contribution < -0.4 is 15.4 Å². The molecule has 2 aromatic rings. The van der Waals surface area contributed by atoms with E-state index >= 15 is 0 Å². The maximum atomic E-state index is 13.0. The van der Waals surface area contributed by atoms with Gasteiger partial charge in [-0.2, -0.15) is 0 Å². The number of anilines is 1. The van der Waals surface area contributed by atoms with Gasteiger partial charge >= 0.3 is 0 Å². The Kier molecular flexibility index (Phi) is 6.55. The Morgan fingerprint density at radius 1 is 1.07 bits per heavy atom. The number of rotatable bonds is 6. The summed E-state index contributed by atoms with van der Waals surface area (Å²) >= 11 is 0. The molecule has 0 unspecified atom stereocenters. The lowest BCUT2D eigenvalue weighted by Crippen LogP contribution is -2.41. The third kappa shape index (κ3) is 6.09. The quantitative estimate of drug-likeness (QED) is 0.800. The van der Waals surface area contributed by atoms with E-state index in [4.69, 9.17) is 4.74 Å². The molecule has 2 N–H and O–H groups in total. The predicted molar refractivity (Wildman–Crippen MR) is 103 cm³/mol. The molecule has 144 valence electrons. The van der Waals surface area contributed by atoms with Gasteiger partial charge in [0.15, 0.2) is 6.10 Å². The topological polar surface area (TPSA) is 67.4 Å². The van der Waals surface area contributed by atoms with Crippen molar-refractivity contribution in [3.8, 4) is 5.75 Å². The van der Waals surface area contributed by atoms with Gasteiger partial charge in [-0.1, -0.05) is 19.1 Å². The zero-order valence-electron chi connectivity index (χ0n) is 16.0. The van der Waals surface area contributed by atoms with Gasteiger partial charge in [0.2, 0.25) is 0 Å². The molecule has 0 heterocycles. The summed E-state index contributed by atoms with van der Waals surface area (Å²) in [6, 6.07) is 12.3. The Balaban J connectivity index is 2.14. The highest BCUT2D eigenvalue weighted by molar-refractivity contribution is 6.04. The Labute approximate surface area is 158 Å². The number of carbonyl (C=O) groups is 2. The molecule has 0 spiro atoms. The Morgan fingerprint density at radius 3 is 2.30 bits per heavy atom. The van der Waals surface area contributed by atoms with Crippen molar-refractivity contribution in [2.24, 2.45) is 0 Å². The van der Waals surface area contributed by atoms with Gasteiger partial charge in [-0.15, -0.1) is 0 Å². The van der Waals surface area contributed by atoms with Crippen LogP contribution >= 0.6 is 0 Å². The fourth-order valence-corrected chi connectivity index (χ4v) is 2.41. The van der Waals surface area contributed by atoms with Crippen LogP contribution in [0.1, 0.15) is 44.5 Å². The summed E-state index contributed by atoms with van der Waals surface area (Å²) in [5.41, 5.74) is 0.383. The van der Waals surface area contributed by atoms with Gasteiger partial charge in [0.1, 0.15) is 11.6 Å². The molecule has 0 aliphatic carbocycles. The van der Waals surface area contributed by atoms with Crippen molar-refractivity contribution in [1.29, 1.82) is 0 Å². The van der Waals surface area contributed by atoms with E-state index in [1.54, 1.807) is 24.3 Å². The highest BCUT2D eigenvalue weighted by atomic mass is 19.1. The second-order valence-electron chi connectivity index (χ2n) is 7.21. The lowest BCUT2D eigenvalue weighted by atomic mass is 10.1. The molecule has 0 radical (unpaired) electrons. The first kappa shape index (κ1) is 20.4. The summed E-state index contributed by atoms with van der Waals surface area (Å²) in [7, 11) is 0. The fraction of sp³-hybridized carbons (Fsp3) is 0.333. The minimum atomic E-state index is -0.769. The van der Waals surface area contributed by atoms with E-state index in [0.717, 1.165) is 0 Å². The first-order valence-electron chi connectivity index (χ1n) is 8.84. The monoisotopic (exact) mass is 372 g/mol. The molecule has 0 saturated heterocycles. The number of benzene rings is 2. The van der Waals surface area contributed by atoms with E-state index < -0.39 is 11.6 Å². The number of hydrogen-bond donors (Lipinski definition) is 2. The van der Waals surface area contributed by atoms with E-state index in [9.17, 15) is 14.0 Å². The van der Waals surface area contributed by atoms with Gasteiger partial charge < -0.3 is 15.4 Å². The van der Waals surface area contributed by atoms with Crippen LogP contribution in [-0.4, -0.2) is 23.5 Å². The van der Waals surface area contributed by atoms with E-state index in [1.807, 2.05) is 27.7 Å². The molecule has 1 atom stereocenters. The molecule has 0 bridgehead atoms. The maximum absolute atomic E-state index is 13.0. The van der Waals surface area contributed by atoms with Crippen LogP contribution in [0.3, 0.4) is 0 Å². The molecule has 0 saturated carbocycles. The van der Waals surface area contributed by atoms with Gasteiger partial charge in [0.05, 0.1) is 11.3 Å². The summed E-state index contributed by atoms with van der Waals surface area (Å²) in [4.78, 5) is 25.1. The van der Waals surface area contributed by atoms with Crippen molar-refractivity contribution < 1.29 is 18.7 Å². The third-order valence-corrected chi connectivity index (χ3v) is 3.67. The minimum Gasteiger partial charge on any atom is -0.481 e. The fourth-order valence-electron chi connectivity index (χ4n) is 2.41. The molecule has 0 fully saturated rings. The molecule has 6 heteroatoms. The second kappa shape index (κ2) is 8.66. The van der Waals surface area contributed by atoms with Crippen LogP contribution in [0.5, 0.6) is 5.75 Å². The minimum absolute atomic E-state index is 0.272. The van der Waals surface area contributed by atoms with Gasteiger partial charge in [-0.25, -0.2) is 4.39 Å². The molecular formula is C21H25FN2O3. The predicted octanol–water partition coefficient (Wildman–Crippen LogP) is 4.15. The van der Waals surface area contributed by atoms with Crippen LogP contribution in [0.4, 0.5) is 10.1 Å². The third-order valence-electron chi connectivity index (χ3n) is 3.67. The first-order chi connectivity index (χ1) is 12.7. The second-order valence-corrected chi connectivity index (χ2v) is 7.21. The summed E-state index contributed by atoms with van der Waals surface area (Å²) in [5.74, 6) is -0.625. The molecule has 27 heavy (non-hydrogen) atoms. The van der Waals surface area contributed by atoms with Crippen LogP contribution in [0.15, 0.2) is 48.5 Å². The van der Waals surface area contributed by atoms with Crippen molar-refractivity contribution in [3.63, 3.8) is 0 Å². The lowest BCUT2D eigenvalue weighted by molar-refractivity contribution is -0.122. The first-order valence-corrected chi connectivity index (χ1v) is 8.84. The number of hydrogen-bond acceptors (Lipinski definition) is 3. The van der Waals surface area contributed by atoms with E-state index in [-0.39, 0.29) is 17.6 Å². The molecule has 2 amide bonds. The van der Waals surface area contributed by atoms with E-state index in [0.29, 0.717) is 23.4 Å². The molecule has 2 rings (SSSR count). The Hall–Kier alpha value is -2.89. The van der Waals surface area contributed by atoms with Crippen LogP contribution in [0, 0.1) is 5.82 Å². The standard InChI is InChI=1S/C21H25FN2O3/c1-5-18(27-15-12-10-14(22)11-13-15)20(26)23-17-9-7-6-8-16(17)19(25)24-21(2,3)4/h6-13,18H,5H2,1-4H3,(H,23,26)(H,24,25)/t18-/m0/s1. The number of para-hydroxylation sites is 1. The van der Waals surface area contributed by atoms with Crippen LogP contribution in [0.2, 0.25) is 0 Å². The molecule has 0 aromatic heterocycles. The summed E-state index contributed by atoms with van der Waals surface area (Å²) in [5, 5.41) is 5.64. The van der Waals surface area contributed by atoms with Crippen molar-refractivity contribution >= 4 is 17.5 Å². The van der Waals surface area contributed by atoms with E-state index in [2.05, 4.69) is 10.6 Å². The maximum Gasteiger partial charge on any atom is 0.265 e. The number of nitrogens with one attached hydrogen (secondary N) is 2. The number of ether oxygens (including phenoxy) is 1. The largest absolute Gasteiger partial charge is 0.481 e. The summed E-state index contributed by atoms with van der Waals surface area (Å²) in [6.45, 7) is 7.47. The van der Waals surface area contributed by atoms with Crippen molar-refractivity contribution in [1.82, 2.24) is 5.32 Å². The van der Waals surface area contributed by atoms with Gasteiger partial charge in [0, 0.05) is 5.54 Å². The molecule has 0 aliphatic rings. The van der Waals surface area contributed by atoms with E-state index in [1.165, 1.54) is 24.3 Å². The van der Waals surface area contributed by atoms with Gasteiger partial charge in [-0.05, 0) is 63.6 Å². The van der Waals surface area contributed by atoms with Crippen LogP contribution in [-0.2, 0) is 4.79 Å². The van der Waals surface area contributed by atoms with Crippen LogP contribution in [0.25, 0.3) is 0 Å². The lowest BCUT2D eigenvalue weighted by Gasteiger charge is -2.22. The number of carbonyl (C=O) groups excluding carboxylic acids is 2. The number of halogens is 1. The van der Waals surface area contributed by atoms with Gasteiger partial charge in [-0.3, -0.25) is 9.59 Å². The molecular weight excluding hydrogens is 347 g/mol. The van der Waals surface area contributed by atoms with Gasteiger partial charge in [0.25, 0.3) is 11.8 Å². The normalized spacial score (nSPS) is 12.2.